The van der Waals surface area contributed by atoms with Gasteiger partial charge in [-0.15, -0.1) is 0 Å². The van der Waals surface area contributed by atoms with E-state index in [0.29, 0.717) is 12.8 Å². The fraction of sp³-hybridized carbons (Fsp3) is 0.929. The molecule has 7 nitrogen and oxygen atoms in total. The molecule has 0 aliphatic carbocycles. The van der Waals surface area contributed by atoms with E-state index >= 15 is 0 Å². The highest BCUT2D eigenvalue weighted by molar-refractivity contribution is 5.72. The molecule has 1 fully saturated rings. The summed E-state index contributed by atoms with van der Waals surface area (Å²) in [5.74, 6) is -0.782. The van der Waals surface area contributed by atoms with Crippen molar-refractivity contribution in [3.63, 3.8) is 0 Å². The molecule has 0 aromatic heterocycles. The number of aliphatic hydroxyl groups excluding tert-OH is 4. The van der Waals surface area contributed by atoms with Crippen LogP contribution in [0.1, 0.15) is 39.5 Å². The van der Waals surface area contributed by atoms with Gasteiger partial charge in [0.15, 0.2) is 0 Å². The van der Waals surface area contributed by atoms with Gasteiger partial charge in [0.05, 0.1) is 12.5 Å². The zero-order valence-electron chi connectivity index (χ0n) is 12.5. The number of ether oxygens (including phenoxy) is 2. The second-order valence-corrected chi connectivity index (χ2v) is 5.41. The van der Waals surface area contributed by atoms with E-state index in [2.05, 4.69) is 0 Å². The first kappa shape index (κ1) is 18.3. The summed E-state index contributed by atoms with van der Waals surface area (Å²) in [6.07, 6.45) is -4.00. The molecule has 1 aliphatic rings. The molecule has 0 radical (unpaired) electrons. The number of carbonyl (C=O) groups excluding carboxylic acids is 1. The third kappa shape index (κ3) is 4.62. The van der Waals surface area contributed by atoms with Gasteiger partial charge in [-0.3, -0.25) is 4.79 Å². The van der Waals surface area contributed by atoms with Crippen LogP contribution in [0.4, 0.5) is 0 Å². The maximum absolute atomic E-state index is 12.1. The highest BCUT2D eigenvalue weighted by Crippen LogP contribution is 2.24. The molecule has 0 spiro atoms. The molecule has 0 aromatic rings. The van der Waals surface area contributed by atoms with Gasteiger partial charge in [0.2, 0.25) is 6.29 Å². The van der Waals surface area contributed by atoms with Crippen LogP contribution in [0.25, 0.3) is 0 Å². The minimum atomic E-state index is -1.55. The number of aliphatic hydroxyl groups is 4. The van der Waals surface area contributed by atoms with Crippen molar-refractivity contribution in [2.75, 3.05) is 6.61 Å². The molecule has 0 unspecified atom stereocenters. The Kier molecular flexibility index (Phi) is 7.55. The number of esters is 1. The summed E-state index contributed by atoms with van der Waals surface area (Å²) >= 11 is 0. The van der Waals surface area contributed by atoms with E-state index < -0.39 is 43.3 Å². The molecule has 0 saturated carbocycles. The number of rotatable bonds is 7. The first-order chi connectivity index (χ1) is 9.96. The number of hydrogen-bond acceptors (Lipinski definition) is 7. The smallest absolute Gasteiger partial charge is 0.311 e. The molecule has 7 heteroatoms. The van der Waals surface area contributed by atoms with Crippen LogP contribution < -0.4 is 0 Å². The van der Waals surface area contributed by atoms with Gasteiger partial charge in [-0.1, -0.05) is 26.7 Å². The Morgan fingerprint density at radius 1 is 1.10 bits per heavy atom. The highest BCUT2D eigenvalue weighted by atomic mass is 16.7. The standard InChI is InChI=1S/C14H26O7/c1-3-5-8(6-4-2)13(19)21-14-12(18)11(17)10(16)9(7-15)20-14/h8-12,14-18H,3-7H2,1-2H3/t9-,10-,11+,12-,14+/m1/s1. The predicted octanol–water partition coefficient (Wildman–Crippen LogP) is -0.454. The van der Waals surface area contributed by atoms with Crippen molar-refractivity contribution in [2.45, 2.75) is 70.2 Å². The Morgan fingerprint density at radius 2 is 1.67 bits per heavy atom. The fourth-order valence-electron chi connectivity index (χ4n) is 2.45. The van der Waals surface area contributed by atoms with Gasteiger partial charge in [0.25, 0.3) is 0 Å². The molecule has 124 valence electrons. The van der Waals surface area contributed by atoms with Crippen LogP contribution in [0.3, 0.4) is 0 Å². The Hall–Kier alpha value is -0.730. The van der Waals surface area contributed by atoms with Crippen molar-refractivity contribution in [3.8, 4) is 0 Å². The van der Waals surface area contributed by atoms with Gasteiger partial charge >= 0.3 is 5.97 Å². The molecule has 1 heterocycles. The van der Waals surface area contributed by atoms with Crippen molar-refractivity contribution < 1.29 is 34.7 Å². The Balaban J connectivity index is 2.68. The normalized spacial score (nSPS) is 33.2. The first-order valence-electron chi connectivity index (χ1n) is 7.47. The van der Waals surface area contributed by atoms with Crippen LogP contribution in [-0.2, 0) is 14.3 Å². The summed E-state index contributed by atoms with van der Waals surface area (Å²) in [5.41, 5.74) is 0. The molecule has 21 heavy (non-hydrogen) atoms. The molecule has 1 saturated heterocycles. The predicted molar refractivity (Wildman–Crippen MR) is 73.2 cm³/mol. The summed E-state index contributed by atoms with van der Waals surface area (Å²) in [5, 5.41) is 38.2. The maximum atomic E-state index is 12.1. The van der Waals surface area contributed by atoms with Crippen LogP contribution in [0, 0.1) is 5.92 Å². The van der Waals surface area contributed by atoms with Gasteiger partial charge in [-0.2, -0.15) is 0 Å². The second-order valence-electron chi connectivity index (χ2n) is 5.41. The molecule has 5 atom stereocenters. The van der Waals surface area contributed by atoms with Crippen molar-refractivity contribution in [1.29, 1.82) is 0 Å². The van der Waals surface area contributed by atoms with E-state index in [9.17, 15) is 20.1 Å². The van der Waals surface area contributed by atoms with Crippen LogP contribution in [0.15, 0.2) is 0 Å². The fourth-order valence-corrected chi connectivity index (χ4v) is 2.45. The van der Waals surface area contributed by atoms with Crippen molar-refractivity contribution >= 4 is 5.97 Å². The summed E-state index contributed by atoms with van der Waals surface area (Å²) in [6.45, 7) is 3.37. The third-order valence-electron chi connectivity index (χ3n) is 3.69. The van der Waals surface area contributed by atoms with Gasteiger partial charge in [-0.05, 0) is 12.8 Å². The molecular weight excluding hydrogens is 280 g/mol. The zero-order chi connectivity index (χ0) is 16.0. The van der Waals surface area contributed by atoms with E-state index in [1.54, 1.807) is 0 Å². The van der Waals surface area contributed by atoms with Crippen molar-refractivity contribution in [2.24, 2.45) is 5.92 Å². The first-order valence-corrected chi connectivity index (χ1v) is 7.47. The van der Waals surface area contributed by atoms with Crippen LogP contribution >= 0.6 is 0 Å². The van der Waals surface area contributed by atoms with Gasteiger partial charge in [0, 0.05) is 0 Å². The minimum Gasteiger partial charge on any atom is -0.433 e. The molecule has 0 bridgehead atoms. The van der Waals surface area contributed by atoms with Gasteiger partial charge in [-0.25, -0.2) is 0 Å². The molecular formula is C14H26O7. The SMILES string of the molecule is CCCC(CCC)C(=O)O[C@@H]1O[C@H](CO)[C@@H](O)[C@H](O)[C@H]1O. The second kappa shape index (κ2) is 8.65. The molecule has 0 amide bonds. The maximum Gasteiger partial charge on any atom is 0.311 e. The monoisotopic (exact) mass is 306 g/mol. The summed E-state index contributed by atoms with van der Waals surface area (Å²) in [6, 6.07) is 0. The Morgan fingerprint density at radius 3 is 2.14 bits per heavy atom. The van der Waals surface area contributed by atoms with E-state index in [4.69, 9.17) is 14.6 Å². The van der Waals surface area contributed by atoms with Gasteiger partial charge in [0.1, 0.15) is 24.4 Å². The van der Waals surface area contributed by atoms with Crippen LogP contribution in [0.2, 0.25) is 0 Å². The average Bonchev–Trinajstić information content (AvgIpc) is 2.47. The van der Waals surface area contributed by atoms with E-state index in [1.807, 2.05) is 13.8 Å². The highest BCUT2D eigenvalue weighted by Gasteiger charge is 2.45. The molecule has 0 aromatic carbocycles. The quantitative estimate of drug-likeness (QED) is 0.470. The average molecular weight is 306 g/mol. The van der Waals surface area contributed by atoms with Gasteiger partial charge < -0.3 is 29.9 Å². The lowest BCUT2D eigenvalue weighted by Crippen LogP contribution is -2.59. The number of carbonyl (C=O) groups is 1. The topological polar surface area (TPSA) is 116 Å². The lowest BCUT2D eigenvalue weighted by molar-refractivity contribution is -0.293. The minimum absolute atomic E-state index is 0.285. The van der Waals surface area contributed by atoms with Crippen LogP contribution in [0.5, 0.6) is 0 Å². The lowest BCUT2D eigenvalue weighted by atomic mass is 9.97. The van der Waals surface area contributed by atoms with Crippen LogP contribution in [-0.4, -0.2) is 63.7 Å². The summed E-state index contributed by atoms with van der Waals surface area (Å²) in [7, 11) is 0. The third-order valence-corrected chi connectivity index (χ3v) is 3.69. The number of hydrogen-bond donors (Lipinski definition) is 4. The summed E-state index contributed by atoms with van der Waals surface area (Å²) in [4.78, 5) is 12.1. The Bertz CT molecular complexity index is 314. The van der Waals surface area contributed by atoms with E-state index in [1.165, 1.54) is 0 Å². The summed E-state index contributed by atoms with van der Waals surface area (Å²) < 4.78 is 10.3. The molecule has 4 N–H and O–H groups in total. The van der Waals surface area contributed by atoms with Crippen molar-refractivity contribution in [1.82, 2.24) is 0 Å². The molecule has 1 rings (SSSR count). The lowest BCUT2D eigenvalue weighted by Gasteiger charge is -2.39. The molecule has 1 aliphatic heterocycles. The van der Waals surface area contributed by atoms with Crippen molar-refractivity contribution in [3.05, 3.63) is 0 Å². The zero-order valence-corrected chi connectivity index (χ0v) is 12.5. The largest absolute Gasteiger partial charge is 0.433 e. The Labute approximate surface area is 124 Å². The van der Waals surface area contributed by atoms with E-state index in [-0.39, 0.29) is 5.92 Å². The van der Waals surface area contributed by atoms with E-state index in [0.717, 1.165) is 12.8 Å².